The van der Waals surface area contributed by atoms with E-state index >= 15 is 0 Å². The highest BCUT2D eigenvalue weighted by atomic mass is 32.2. The van der Waals surface area contributed by atoms with Gasteiger partial charge in [0, 0.05) is 0 Å². The summed E-state index contributed by atoms with van der Waals surface area (Å²) in [4.78, 5) is 0. The summed E-state index contributed by atoms with van der Waals surface area (Å²) in [5, 5.41) is 0. The molecular formula is C13H14O3S. The van der Waals surface area contributed by atoms with Crippen molar-refractivity contribution < 1.29 is 12.6 Å². The maximum Gasteiger partial charge on any atom is 0.299 e. The molecule has 0 aliphatic rings. The van der Waals surface area contributed by atoms with E-state index in [9.17, 15) is 8.42 Å². The molecule has 0 aliphatic carbocycles. The number of para-hydroxylation sites is 1. The van der Waals surface area contributed by atoms with Gasteiger partial charge in [-0.15, -0.1) is 0 Å². The SMILES string of the molecule is Cc1ccccc1.O=[SH](=O)Oc1ccccc1. The molecule has 0 heterocycles. The molecule has 4 heteroatoms. The second-order valence-corrected chi connectivity index (χ2v) is 3.91. The normalized spacial score (nSPS) is 9.29. The molecule has 0 aliphatic heterocycles. The fraction of sp³-hybridized carbons (Fsp3) is 0.0769. The lowest BCUT2D eigenvalue weighted by Crippen LogP contribution is -1.88. The predicted molar refractivity (Wildman–Crippen MR) is 68.6 cm³/mol. The summed E-state index contributed by atoms with van der Waals surface area (Å²) in [6.07, 6.45) is 0. The van der Waals surface area contributed by atoms with Crippen molar-refractivity contribution in [1.82, 2.24) is 0 Å². The largest absolute Gasteiger partial charge is 0.384 e. The van der Waals surface area contributed by atoms with Gasteiger partial charge in [-0.05, 0) is 19.1 Å². The molecule has 2 aromatic rings. The Morgan fingerprint density at radius 1 is 0.824 bits per heavy atom. The Kier molecular flexibility index (Phi) is 5.82. The van der Waals surface area contributed by atoms with Gasteiger partial charge in [0.1, 0.15) is 5.75 Å². The molecule has 3 nitrogen and oxygen atoms in total. The molecule has 0 N–H and O–H groups in total. The van der Waals surface area contributed by atoms with E-state index in [2.05, 4.69) is 23.2 Å². The molecule has 90 valence electrons. The van der Waals surface area contributed by atoms with Gasteiger partial charge in [0.2, 0.25) is 0 Å². The summed E-state index contributed by atoms with van der Waals surface area (Å²) in [5.74, 6) is 0.346. The van der Waals surface area contributed by atoms with Gasteiger partial charge in [-0.3, -0.25) is 0 Å². The number of rotatable bonds is 2. The molecule has 0 atom stereocenters. The first kappa shape index (κ1) is 13.3. The van der Waals surface area contributed by atoms with Crippen LogP contribution in [0.15, 0.2) is 60.7 Å². The van der Waals surface area contributed by atoms with Crippen molar-refractivity contribution in [2.45, 2.75) is 6.92 Å². The van der Waals surface area contributed by atoms with Crippen LogP contribution in [0.2, 0.25) is 0 Å². The quantitative estimate of drug-likeness (QED) is 0.833. The number of aryl methyl sites for hydroxylation is 1. The summed E-state index contributed by atoms with van der Waals surface area (Å²) in [7, 11) is -2.78. The minimum Gasteiger partial charge on any atom is -0.384 e. The second-order valence-electron chi connectivity index (χ2n) is 3.28. The fourth-order valence-corrected chi connectivity index (χ4v) is 1.40. The fourth-order valence-electron chi connectivity index (χ4n) is 1.10. The van der Waals surface area contributed by atoms with Crippen LogP contribution in [0.1, 0.15) is 5.56 Å². The lowest BCUT2D eigenvalue weighted by molar-refractivity contribution is 0.510. The predicted octanol–water partition coefficient (Wildman–Crippen LogP) is 2.59. The Bertz CT molecular complexity index is 485. The summed E-state index contributed by atoms with van der Waals surface area (Å²) < 4.78 is 24.3. The summed E-state index contributed by atoms with van der Waals surface area (Å²) >= 11 is 0. The van der Waals surface area contributed by atoms with Crippen molar-refractivity contribution in [1.29, 1.82) is 0 Å². The van der Waals surface area contributed by atoms with E-state index in [-0.39, 0.29) is 0 Å². The van der Waals surface area contributed by atoms with Crippen molar-refractivity contribution in [3.8, 4) is 5.75 Å². The molecular weight excluding hydrogens is 236 g/mol. The highest BCUT2D eigenvalue weighted by molar-refractivity contribution is 7.67. The van der Waals surface area contributed by atoms with E-state index in [1.165, 1.54) is 5.56 Å². The highest BCUT2D eigenvalue weighted by Gasteiger charge is 1.88. The molecule has 0 fully saturated rings. The van der Waals surface area contributed by atoms with E-state index < -0.39 is 11.0 Å². The first-order chi connectivity index (χ1) is 8.18. The van der Waals surface area contributed by atoms with Crippen LogP contribution in [0.5, 0.6) is 5.75 Å². The summed E-state index contributed by atoms with van der Waals surface area (Å²) in [6.45, 7) is 2.08. The minimum atomic E-state index is -2.78. The van der Waals surface area contributed by atoms with Crippen LogP contribution in [-0.4, -0.2) is 8.42 Å². The lowest BCUT2D eigenvalue weighted by atomic mass is 10.2. The van der Waals surface area contributed by atoms with Gasteiger partial charge in [-0.25, -0.2) is 0 Å². The highest BCUT2D eigenvalue weighted by Crippen LogP contribution is 2.07. The molecule has 0 amide bonds. The van der Waals surface area contributed by atoms with E-state index in [4.69, 9.17) is 0 Å². The maximum absolute atomic E-state index is 9.98. The number of hydrogen-bond donors (Lipinski definition) is 1. The van der Waals surface area contributed by atoms with Gasteiger partial charge in [0.25, 0.3) is 11.0 Å². The maximum atomic E-state index is 9.98. The van der Waals surface area contributed by atoms with E-state index in [1.807, 2.05) is 18.2 Å². The standard InChI is InChI=1S/C7H8.C6H6O3S/c1-7-5-3-2-4-6-7;7-10(8)9-6-4-2-1-3-5-6/h2-6H,1H3;1-5,10H. The summed E-state index contributed by atoms with van der Waals surface area (Å²) in [6, 6.07) is 18.6. The third kappa shape index (κ3) is 6.37. The van der Waals surface area contributed by atoms with Crippen LogP contribution in [0.3, 0.4) is 0 Å². The molecule has 0 bridgehead atoms. The Labute approximate surface area is 103 Å². The first-order valence-electron chi connectivity index (χ1n) is 5.07. The van der Waals surface area contributed by atoms with Crippen LogP contribution in [-0.2, 0) is 11.0 Å². The average molecular weight is 250 g/mol. The van der Waals surface area contributed by atoms with Gasteiger partial charge in [-0.2, -0.15) is 8.42 Å². The number of hydrogen-bond acceptors (Lipinski definition) is 3. The van der Waals surface area contributed by atoms with Crippen LogP contribution in [0, 0.1) is 6.92 Å². The van der Waals surface area contributed by atoms with Gasteiger partial charge in [0.05, 0.1) is 0 Å². The zero-order valence-electron chi connectivity index (χ0n) is 9.45. The average Bonchev–Trinajstić information content (AvgIpc) is 2.31. The Morgan fingerprint density at radius 3 is 1.65 bits per heavy atom. The van der Waals surface area contributed by atoms with Crippen molar-refractivity contribution in [2.75, 3.05) is 0 Å². The summed E-state index contributed by atoms with van der Waals surface area (Å²) in [5.41, 5.74) is 1.32. The van der Waals surface area contributed by atoms with Gasteiger partial charge in [0.15, 0.2) is 0 Å². The minimum absolute atomic E-state index is 0.346. The first-order valence-corrected chi connectivity index (χ1v) is 6.17. The zero-order chi connectivity index (χ0) is 12.5. The third-order valence-electron chi connectivity index (χ3n) is 1.86. The Morgan fingerprint density at radius 2 is 1.29 bits per heavy atom. The van der Waals surface area contributed by atoms with E-state index in [0.29, 0.717) is 5.75 Å². The van der Waals surface area contributed by atoms with Crippen molar-refractivity contribution in [2.24, 2.45) is 0 Å². The molecule has 0 spiro atoms. The smallest absolute Gasteiger partial charge is 0.299 e. The van der Waals surface area contributed by atoms with Crippen LogP contribution >= 0.6 is 0 Å². The Hall–Kier alpha value is -1.81. The van der Waals surface area contributed by atoms with Crippen LogP contribution < -0.4 is 4.18 Å². The number of thiol groups is 1. The molecule has 0 saturated carbocycles. The molecule has 17 heavy (non-hydrogen) atoms. The molecule has 2 aromatic carbocycles. The van der Waals surface area contributed by atoms with Crippen LogP contribution in [0.4, 0.5) is 0 Å². The molecule has 0 radical (unpaired) electrons. The molecule has 0 unspecified atom stereocenters. The molecule has 0 saturated heterocycles. The van der Waals surface area contributed by atoms with E-state index in [1.54, 1.807) is 30.3 Å². The third-order valence-corrected chi connectivity index (χ3v) is 2.22. The van der Waals surface area contributed by atoms with Crippen molar-refractivity contribution in [3.63, 3.8) is 0 Å². The van der Waals surface area contributed by atoms with Crippen molar-refractivity contribution >= 4 is 11.0 Å². The topological polar surface area (TPSA) is 43.4 Å². The van der Waals surface area contributed by atoms with Gasteiger partial charge < -0.3 is 4.18 Å². The monoisotopic (exact) mass is 250 g/mol. The van der Waals surface area contributed by atoms with Gasteiger partial charge in [-0.1, -0.05) is 54.1 Å². The van der Waals surface area contributed by atoms with Gasteiger partial charge >= 0.3 is 0 Å². The number of benzene rings is 2. The van der Waals surface area contributed by atoms with Crippen molar-refractivity contribution in [3.05, 3.63) is 66.2 Å². The molecule has 2 rings (SSSR count). The second kappa shape index (κ2) is 7.46. The van der Waals surface area contributed by atoms with E-state index in [0.717, 1.165) is 0 Å². The zero-order valence-corrected chi connectivity index (χ0v) is 10.3. The molecule has 0 aromatic heterocycles. The van der Waals surface area contributed by atoms with Crippen LogP contribution in [0.25, 0.3) is 0 Å². The lowest BCUT2D eigenvalue weighted by Gasteiger charge is -1.93. The Balaban J connectivity index is 0.000000181.